The van der Waals surface area contributed by atoms with E-state index in [0.29, 0.717) is 5.92 Å². The van der Waals surface area contributed by atoms with E-state index in [-0.39, 0.29) is 17.2 Å². The highest BCUT2D eigenvalue weighted by atomic mass is 16.2. The first-order chi connectivity index (χ1) is 8.75. The van der Waals surface area contributed by atoms with Gasteiger partial charge in [0.1, 0.15) is 0 Å². The largest absolute Gasteiger partial charge is 0.316 e. The molecule has 0 aromatic carbocycles. The lowest BCUT2D eigenvalue weighted by atomic mass is 9.85. The molecule has 0 saturated heterocycles. The maximum absolute atomic E-state index is 12.1. The van der Waals surface area contributed by atoms with Crippen molar-refractivity contribution in [1.82, 2.24) is 9.13 Å². The Kier molecular flexibility index (Phi) is 3.10. The van der Waals surface area contributed by atoms with Gasteiger partial charge in [0.25, 0.3) is 0 Å². The maximum atomic E-state index is 12.1. The summed E-state index contributed by atoms with van der Waals surface area (Å²) in [5.74, 6) is 0.601. The van der Waals surface area contributed by atoms with Crippen LogP contribution in [0.2, 0.25) is 0 Å². The summed E-state index contributed by atoms with van der Waals surface area (Å²) in [6.07, 6.45) is 11.7. The Morgan fingerprint density at radius 1 is 0.944 bits per heavy atom. The van der Waals surface area contributed by atoms with Crippen LogP contribution in [0.1, 0.15) is 51.0 Å². The number of aromatic nitrogens is 2. The molecule has 0 spiro atoms. The monoisotopic (exact) mass is 248 g/mol. The molecule has 4 heteroatoms. The fourth-order valence-corrected chi connectivity index (χ4v) is 3.09. The lowest BCUT2D eigenvalue weighted by molar-refractivity contribution is 0.272. The molecule has 0 amide bonds. The van der Waals surface area contributed by atoms with Crippen LogP contribution >= 0.6 is 0 Å². The van der Waals surface area contributed by atoms with E-state index in [4.69, 9.17) is 0 Å². The first-order valence-corrected chi connectivity index (χ1v) is 7.07. The molecule has 0 radical (unpaired) electrons. The molecule has 3 rings (SSSR count). The van der Waals surface area contributed by atoms with E-state index in [0.717, 1.165) is 19.4 Å². The molecule has 18 heavy (non-hydrogen) atoms. The van der Waals surface area contributed by atoms with Crippen molar-refractivity contribution in [3.8, 4) is 0 Å². The first kappa shape index (κ1) is 11.8. The highest BCUT2D eigenvalue weighted by Crippen LogP contribution is 2.28. The number of nitrogens with zero attached hydrogens (tertiary/aromatic N) is 2. The first-order valence-electron chi connectivity index (χ1n) is 7.07. The molecule has 0 N–H and O–H groups in total. The van der Waals surface area contributed by atoms with E-state index in [1.165, 1.54) is 32.1 Å². The molecule has 2 fully saturated rings. The van der Waals surface area contributed by atoms with Crippen LogP contribution in [0, 0.1) is 5.92 Å². The van der Waals surface area contributed by atoms with Gasteiger partial charge in [-0.2, -0.15) is 0 Å². The fraction of sp³-hybridized carbons (Fsp3) is 0.714. The Bertz CT molecular complexity index is 533. The summed E-state index contributed by atoms with van der Waals surface area (Å²) in [5, 5.41) is 0. The second-order valence-electron chi connectivity index (χ2n) is 5.70. The summed E-state index contributed by atoms with van der Waals surface area (Å²) in [6.45, 7) is 0.722. The predicted molar refractivity (Wildman–Crippen MR) is 69.8 cm³/mol. The van der Waals surface area contributed by atoms with E-state index in [1.54, 1.807) is 15.3 Å². The molecule has 0 aliphatic heterocycles. The van der Waals surface area contributed by atoms with Gasteiger partial charge in [-0.3, -0.25) is 9.59 Å². The highest BCUT2D eigenvalue weighted by molar-refractivity contribution is 4.91. The van der Waals surface area contributed by atoms with Crippen molar-refractivity contribution in [2.45, 2.75) is 57.5 Å². The molecule has 1 heterocycles. The molecule has 1 aromatic rings. The fourth-order valence-electron chi connectivity index (χ4n) is 3.09. The Hall–Kier alpha value is -1.32. The van der Waals surface area contributed by atoms with Crippen LogP contribution in [-0.4, -0.2) is 9.13 Å². The zero-order valence-electron chi connectivity index (χ0n) is 10.7. The normalized spacial score (nSPS) is 21.1. The van der Waals surface area contributed by atoms with Gasteiger partial charge in [0.15, 0.2) is 0 Å². The van der Waals surface area contributed by atoms with Crippen molar-refractivity contribution >= 4 is 0 Å². The van der Waals surface area contributed by atoms with Crippen molar-refractivity contribution < 1.29 is 0 Å². The molecule has 0 bridgehead atoms. The maximum Gasteiger partial charge on any atom is 0.316 e. The quantitative estimate of drug-likeness (QED) is 0.767. The van der Waals surface area contributed by atoms with Crippen LogP contribution in [0.5, 0.6) is 0 Å². The molecular formula is C14H20N2O2. The second kappa shape index (κ2) is 4.75. The third kappa shape index (κ3) is 2.04. The standard InChI is InChI=1S/C14H20N2O2/c17-13-14(18)16(12-6-1-2-7-12)9-8-15(13)10-11-4-3-5-11/h8-9,11-12H,1-7,10H2. The summed E-state index contributed by atoms with van der Waals surface area (Å²) in [7, 11) is 0. The summed E-state index contributed by atoms with van der Waals surface area (Å²) < 4.78 is 3.27. The average molecular weight is 248 g/mol. The molecule has 2 aliphatic carbocycles. The van der Waals surface area contributed by atoms with Gasteiger partial charge in [0, 0.05) is 25.0 Å². The zero-order valence-corrected chi connectivity index (χ0v) is 10.7. The van der Waals surface area contributed by atoms with Gasteiger partial charge in [-0.05, 0) is 31.6 Å². The van der Waals surface area contributed by atoms with E-state index in [9.17, 15) is 9.59 Å². The van der Waals surface area contributed by atoms with E-state index in [2.05, 4.69) is 0 Å². The molecule has 98 valence electrons. The Balaban J connectivity index is 1.87. The molecule has 2 aliphatic rings. The minimum absolute atomic E-state index is 0.253. The molecular weight excluding hydrogens is 228 g/mol. The number of hydrogen-bond donors (Lipinski definition) is 0. The topological polar surface area (TPSA) is 44.0 Å². The Labute approximate surface area is 106 Å². The van der Waals surface area contributed by atoms with Crippen LogP contribution in [0.3, 0.4) is 0 Å². The van der Waals surface area contributed by atoms with E-state index >= 15 is 0 Å². The van der Waals surface area contributed by atoms with Crippen molar-refractivity contribution in [2.24, 2.45) is 5.92 Å². The van der Waals surface area contributed by atoms with Crippen LogP contribution < -0.4 is 11.1 Å². The SMILES string of the molecule is O=c1c(=O)n(C2CCCC2)ccn1CC1CCC1. The lowest BCUT2D eigenvalue weighted by Crippen LogP contribution is -2.42. The van der Waals surface area contributed by atoms with Gasteiger partial charge in [0.2, 0.25) is 0 Å². The molecule has 1 aromatic heterocycles. The van der Waals surface area contributed by atoms with Crippen LogP contribution in [0.15, 0.2) is 22.0 Å². The number of rotatable bonds is 3. The molecule has 2 saturated carbocycles. The molecule has 0 atom stereocenters. The van der Waals surface area contributed by atoms with Gasteiger partial charge in [0.05, 0.1) is 0 Å². The minimum atomic E-state index is -0.337. The third-order valence-electron chi connectivity index (χ3n) is 4.48. The van der Waals surface area contributed by atoms with Gasteiger partial charge >= 0.3 is 11.1 Å². The van der Waals surface area contributed by atoms with Crippen molar-refractivity contribution in [3.05, 3.63) is 33.1 Å². The van der Waals surface area contributed by atoms with Gasteiger partial charge in [-0.15, -0.1) is 0 Å². The molecule has 0 unspecified atom stereocenters. The van der Waals surface area contributed by atoms with Crippen LogP contribution in [0.25, 0.3) is 0 Å². The molecule has 4 nitrogen and oxygen atoms in total. The summed E-state index contributed by atoms with van der Waals surface area (Å²) >= 11 is 0. The van der Waals surface area contributed by atoms with Gasteiger partial charge in [-0.25, -0.2) is 0 Å². The second-order valence-corrected chi connectivity index (χ2v) is 5.70. The zero-order chi connectivity index (χ0) is 12.5. The Morgan fingerprint density at radius 2 is 1.67 bits per heavy atom. The predicted octanol–water partition coefficient (Wildman–Crippen LogP) is 1.93. The highest BCUT2D eigenvalue weighted by Gasteiger charge is 2.21. The smallest absolute Gasteiger partial charge is 0.309 e. The summed E-state index contributed by atoms with van der Waals surface area (Å²) in [4.78, 5) is 24.1. The van der Waals surface area contributed by atoms with Crippen molar-refractivity contribution in [2.75, 3.05) is 0 Å². The van der Waals surface area contributed by atoms with Crippen molar-refractivity contribution in [1.29, 1.82) is 0 Å². The third-order valence-corrected chi connectivity index (χ3v) is 4.48. The van der Waals surface area contributed by atoms with Crippen LogP contribution in [-0.2, 0) is 6.54 Å². The summed E-state index contributed by atoms with van der Waals surface area (Å²) in [5.41, 5.74) is -0.667. The summed E-state index contributed by atoms with van der Waals surface area (Å²) in [6, 6.07) is 0.253. The van der Waals surface area contributed by atoms with Crippen LogP contribution in [0.4, 0.5) is 0 Å². The van der Waals surface area contributed by atoms with Gasteiger partial charge < -0.3 is 9.13 Å². The van der Waals surface area contributed by atoms with Crippen molar-refractivity contribution in [3.63, 3.8) is 0 Å². The van der Waals surface area contributed by atoms with Gasteiger partial charge in [-0.1, -0.05) is 19.3 Å². The number of hydrogen-bond acceptors (Lipinski definition) is 2. The average Bonchev–Trinajstić information content (AvgIpc) is 2.82. The van der Waals surface area contributed by atoms with E-state index in [1.807, 2.05) is 6.20 Å². The minimum Gasteiger partial charge on any atom is -0.309 e. The Morgan fingerprint density at radius 3 is 2.28 bits per heavy atom. The lowest BCUT2D eigenvalue weighted by Gasteiger charge is -2.26. The van der Waals surface area contributed by atoms with E-state index < -0.39 is 0 Å².